The van der Waals surface area contributed by atoms with Gasteiger partial charge in [0.2, 0.25) is 0 Å². The second-order valence-electron chi connectivity index (χ2n) is 11.4. The molecule has 0 aliphatic rings. The van der Waals surface area contributed by atoms with Gasteiger partial charge in [-0.05, 0) is 69.1 Å². The lowest BCUT2D eigenvalue weighted by Gasteiger charge is -2.13. The normalized spacial score (nSPS) is 11.6. The number of hydrogen-bond donors (Lipinski definition) is 0. The zero-order valence-electron chi connectivity index (χ0n) is 24.3. The highest BCUT2D eigenvalue weighted by atomic mass is 16.3. The molecule has 0 saturated carbocycles. The third-order valence-electron chi connectivity index (χ3n) is 8.64. The number of fused-ring (bicyclic) bond motifs is 5. The average Bonchev–Trinajstić information content (AvgIpc) is 3.49. The molecule has 7 aromatic carbocycles. The summed E-state index contributed by atoms with van der Waals surface area (Å²) >= 11 is 0. The molecule has 3 heteroatoms. The first-order chi connectivity index (χ1) is 22.3. The van der Waals surface area contributed by atoms with Gasteiger partial charge >= 0.3 is 0 Å². The first-order valence-electron chi connectivity index (χ1n) is 15.2. The molecule has 9 aromatic rings. The molecule has 0 fully saturated rings. The van der Waals surface area contributed by atoms with Crippen molar-refractivity contribution < 1.29 is 4.42 Å². The van der Waals surface area contributed by atoms with E-state index in [9.17, 15) is 0 Å². The first-order valence-corrected chi connectivity index (χ1v) is 15.2. The van der Waals surface area contributed by atoms with Crippen molar-refractivity contribution in [2.24, 2.45) is 0 Å². The number of furan rings is 1. The van der Waals surface area contributed by atoms with Gasteiger partial charge in [-0.15, -0.1) is 0 Å². The second-order valence-corrected chi connectivity index (χ2v) is 11.4. The molecule has 0 radical (unpaired) electrons. The van der Waals surface area contributed by atoms with Crippen LogP contribution in [0.1, 0.15) is 0 Å². The van der Waals surface area contributed by atoms with Gasteiger partial charge in [0.25, 0.3) is 0 Å². The Bertz CT molecular complexity index is 2450. The maximum absolute atomic E-state index is 6.46. The third kappa shape index (κ3) is 4.45. The Kier molecular flexibility index (Phi) is 5.82. The van der Waals surface area contributed by atoms with Crippen LogP contribution < -0.4 is 0 Å². The predicted molar refractivity (Wildman–Crippen MR) is 186 cm³/mol. The average molecular weight is 575 g/mol. The maximum atomic E-state index is 6.46. The lowest BCUT2D eigenvalue weighted by Crippen LogP contribution is -1.97. The van der Waals surface area contributed by atoms with Crippen LogP contribution in [-0.2, 0) is 0 Å². The molecule has 0 atom stereocenters. The summed E-state index contributed by atoms with van der Waals surface area (Å²) in [6.45, 7) is 0. The molecule has 210 valence electrons. The fourth-order valence-corrected chi connectivity index (χ4v) is 6.39. The molecule has 0 N–H and O–H groups in total. The highest BCUT2D eigenvalue weighted by Gasteiger charge is 2.19. The number of benzene rings is 7. The Labute approximate surface area is 260 Å². The van der Waals surface area contributed by atoms with Crippen LogP contribution in [0.4, 0.5) is 0 Å². The molecule has 0 aliphatic carbocycles. The summed E-state index contributed by atoms with van der Waals surface area (Å²) in [4.78, 5) is 10.5. The minimum absolute atomic E-state index is 0.687. The Balaban J connectivity index is 1.34. The van der Waals surface area contributed by atoms with Gasteiger partial charge in [0, 0.05) is 27.5 Å². The largest absolute Gasteiger partial charge is 0.456 e. The van der Waals surface area contributed by atoms with Crippen molar-refractivity contribution >= 4 is 43.5 Å². The van der Waals surface area contributed by atoms with Crippen molar-refractivity contribution in [3.05, 3.63) is 158 Å². The number of nitrogens with zero attached hydrogens (tertiary/aromatic N) is 2. The molecule has 0 unspecified atom stereocenters. The zero-order valence-corrected chi connectivity index (χ0v) is 24.3. The van der Waals surface area contributed by atoms with Gasteiger partial charge in [-0.25, -0.2) is 9.97 Å². The molecule has 0 spiro atoms. The number of aromatic nitrogens is 2. The van der Waals surface area contributed by atoms with Gasteiger partial charge in [0.15, 0.2) is 5.82 Å². The minimum atomic E-state index is 0.687. The smallest absolute Gasteiger partial charge is 0.160 e. The fourth-order valence-electron chi connectivity index (χ4n) is 6.39. The summed E-state index contributed by atoms with van der Waals surface area (Å²) in [5.74, 6) is 0.687. The first kappa shape index (κ1) is 25.4. The van der Waals surface area contributed by atoms with Gasteiger partial charge in [0.05, 0.1) is 11.4 Å². The van der Waals surface area contributed by atoms with Crippen molar-refractivity contribution in [3.63, 3.8) is 0 Å². The Morgan fingerprint density at radius 1 is 0.378 bits per heavy atom. The SMILES string of the molecule is c1ccc(-c2cc(-c3cc(-c4ccc5ccccc5c4)nc(-c4ccc5ccccc5c4)n3)c3c(c2)oc2ccccc23)cc1. The molecular formula is C42H26N2O. The monoisotopic (exact) mass is 574 g/mol. The Morgan fingerprint density at radius 3 is 1.78 bits per heavy atom. The van der Waals surface area contributed by atoms with E-state index >= 15 is 0 Å². The molecule has 0 amide bonds. The van der Waals surface area contributed by atoms with Crippen LogP contribution in [-0.4, -0.2) is 9.97 Å². The highest BCUT2D eigenvalue weighted by molar-refractivity contribution is 6.13. The van der Waals surface area contributed by atoms with Crippen LogP contribution in [0, 0.1) is 0 Å². The summed E-state index contributed by atoms with van der Waals surface area (Å²) < 4.78 is 6.46. The van der Waals surface area contributed by atoms with Gasteiger partial charge < -0.3 is 4.42 Å². The summed E-state index contributed by atoms with van der Waals surface area (Å²) in [6, 6.07) is 55.0. The van der Waals surface area contributed by atoms with Crippen molar-refractivity contribution in [3.8, 4) is 45.0 Å². The molecule has 0 saturated heterocycles. The summed E-state index contributed by atoms with van der Waals surface area (Å²) in [6.07, 6.45) is 0. The van der Waals surface area contributed by atoms with Gasteiger partial charge in [-0.3, -0.25) is 0 Å². The number of hydrogen-bond acceptors (Lipinski definition) is 3. The molecule has 2 aromatic heterocycles. The summed E-state index contributed by atoms with van der Waals surface area (Å²) in [5.41, 5.74) is 8.67. The van der Waals surface area contributed by atoms with Crippen molar-refractivity contribution in [2.75, 3.05) is 0 Å². The Hall–Kier alpha value is -6.06. The van der Waals surface area contributed by atoms with E-state index in [0.29, 0.717) is 5.82 Å². The van der Waals surface area contributed by atoms with E-state index < -0.39 is 0 Å². The van der Waals surface area contributed by atoms with E-state index in [4.69, 9.17) is 14.4 Å². The van der Waals surface area contributed by atoms with E-state index in [2.05, 4.69) is 140 Å². The quantitative estimate of drug-likeness (QED) is 0.210. The molecule has 2 heterocycles. The van der Waals surface area contributed by atoms with Crippen molar-refractivity contribution in [1.82, 2.24) is 9.97 Å². The number of rotatable bonds is 4. The Morgan fingerprint density at radius 2 is 1.00 bits per heavy atom. The fraction of sp³-hybridized carbons (Fsp3) is 0. The van der Waals surface area contributed by atoms with Crippen LogP contribution in [0.15, 0.2) is 162 Å². The van der Waals surface area contributed by atoms with Gasteiger partial charge in [-0.2, -0.15) is 0 Å². The third-order valence-corrected chi connectivity index (χ3v) is 8.64. The van der Waals surface area contributed by atoms with E-state index in [0.717, 1.165) is 66.5 Å². The van der Waals surface area contributed by atoms with Crippen LogP contribution >= 0.6 is 0 Å². The number of para-hydroxylation sites is 1. The van der Waals surface area contributed by atoms with Crippen LogP contribution in [0.3, 0.4) is 0 Å². The minimum Gasteiger partial charge on any atom is -0.456 e. The van der Waals surface area contributed by atoms with E-state index in [1.807, 2.05) is 18.2 Å². The highest BCUT2D eigenvalue weighted by Crippen LogP contribution is 2.41. The molecule has 0 bridgehead atoms. The second kappa shape index (κ2) is 10.3. The molecular weight excluding hydrogens is 548 g/mol. The predicted octanol–water partition coefficient (Wildman–Crippen LogP) is 11.4. The zero-order chi connectivity index (χ0) is 29.7. The van der Waals surface area contributed by atoms with Crippen LogP contribution in [0.5, 0.6) is 0 Å². The van der Waals surface area contributed by atoms with E-state index in [1.165, 1.54) is 16.2 Å². The van der Waals surface area contributed by atoms with Crippen molar-refractivity contribution in [2.45, 2.75) is 0 Å². The van der Waals surface area contributed by atoms with Gasteiger partial charge in [-0.1, -0.05) is 121 Å². The summed E-state index contributed by atoms with van der Waals surface area (Å²) in [5, 5.41) is 6.85. The standard InChI is InChI=1S/C42H26N2O/c1-2-10-27(11-3-1)34-24-36(41-35-16-8-9-17-39(35)45-40(41)25-34)38-26-37(32-20-18-28-12-4-6-14-30(28)22-32)43-42(44-38)33-21-19-29-13-5-7-15-31(29)23-33/h1-26H. The van der Waals surface area contributed by atoms with E-state index in [1.54, 1.807) is 0 Å². The molecule has 0 aliphatic heterocycles. The maximum Gasteiger partial charge on any atom is 0.160 e. The van der Waals surface area contributed by atoms with Crippen LogP contribution in [0.25, 0.3) is 88.5 Å². The molecule has 9 rings (SSSR count). The lowest BCUT2D eigenvalue weighted by molar-refractivity contribution is 0.669. The van der Waals surface area contributed by atoms with E-state index in [-0.39, 0.29) is 0 Å². The van der Waals surface area contributed by atoms with Crippen LogP contribution in [0.2, 0.25) is 0 Å². The van der Waals surface area contributed by atoms with Gasteiger partial charge in [0.1, 0.15) is 11.2 Å². The summed E-state index contributed by atoms with van der Waals surface area (Å²) in [7, 11) is 0. The topological polar surface area (TPSA) is 38.9 Å². The molecule has 3 nitrogen and oxygen atoms in total. The lowest BCUT2D eigenvalue weighted by atomic mass is 9.96. The molecule has 45 heavy (non-hydrogen) atoms. The van der Waals surface area contributed by atoms with Crippen molar-refractivity contribution in [1.29, 1.82) is 0 Å².